The Morgan fingerprint density at radius 2 is 1.57 bits per heavy atom. The molecule has 14 heavy (non-hydrogen) atoms. The van der Waals surface area contributed by atoms with Gasteiger partial charge in [-0.15, -0.1) is 0 Å². The second-order valence-electron chi connectivity index (χ2n) is 1.97. The molecule has 0 heterocycles. The molecular weight excluding hydrogens is 318 g/mol. The molecule has 0 amide bonds. The van der Waals surface area contributed by atoms with Gasteiger partial charge >= 0.3 is 0 Å². The average Bonchev–Trinajstić information content (AvgIpc) is 2.06. The van der Waals surface area contributed by atoms with Gasteiger partial charge in [-0.2, -0.15) is 7.05 Å². The van der Waals surface area contributed by atoms with Gasteiger partial charge in [-0.3, -0.25) is 0 Å². The Morgan fingerprint density at radius 3 is 1.93 bits per heavy atom. The predicted octanol–water partition coefficient (Wildman–Crippen LogP) is 0.549. The van der Waals surface area contributed by atoms with E-state index < -0.39 is 10.0 Å². The minimum absolute atomic E-state index is 0. The number of nitrogens with zero attached hydrogens (tertiary/aromatic N) is 1. The summed E-state index contributed by atoms with van der Waals surface area (Å²) in [5, 5.41) is 0. The molecule has 1 aromatic rings. The SMILES string of the molecule is C[N-]S(=O)(=O)c1ccccc1.O.[V].[Y]. The van der Waals surface area contributed by atoms with Crippen LogP contribution >= 0.6 is 0 Å². The van der Waals surface area contributed by atoms with Crippen molar-refractivity contribution < 1.29 is 65.2 Å². The molecule has 0 saturated heterocycles. The summed E-state index contributed by atoms with van der Waals surface area (Å²) in [6.45, 7) is 0. The van der Waals surface area contributed by atoms with Crippen LogP contribution in [-0.4, -0.2) is 20.9 Å². The molecule has 2 radical (unpaired) electrons. The molecule has 0 aromatic heterocycles. The maximum Gasteiger partial charge on any atom is 0.101 e. The summed E-state index contributed by atoms with van der Waals surface area (Å²) in [5.74, 6) is 0. The van der Waals surface area contributed by atoms with Crippen molar-refractivity contribution >= 4 is 10.0 Å². The fraction of sp³-hybridized carbons (Fsp3) is 0.143. The zero-order valence-electron chi connectivity index (χ0n) is 7.58. The van der Waals surface area contributed by atoms with E-state index in [-0.39, 0.29) is 61.6 Å². The first-order valence-electron chi connectivity index (χ1n) is 3.08. The van der Waals surface area contributed by atoms with Crippen LogP contribution in [0.1, 0.15) is 0 Å². The van der Waals surface area contributed by atoms with Crippen molar-refractivity contribution in [3.63, 3.8) is 0 Å². The fourth-order valence-corrected chi connectivity index (χ4v) is 1.41. The minimum Gasteiger partial charge on any atom is -0.547 e. The maximum absolute atomic E-state index is 11.0. The first kappa shape index (κ1) is 20.2. The zero-order valence-corrected chi connectivity index (χ0v) is 12.6. The summed E-state index contributed by atoms with van der Waals surface area (Å²) < 4.78 is 25.3. The summed E-state index contributed by atoms with van der Waals surface area (Å²) in [6, 6.07) is 8.12. The summed E-state index contributed by atoms with van der Waals surface area (Å²) >= 11 is 0. The smallest absolute Gasteiger partial charge is 0.101 e. The number of sulfonamides is 1. The van der Waals surface area contributed by atoms with E-state index in [0.29, 0.717) is 0 Å². The summed E-state index contributed by atoms with van der Waals surface area (Å²) in [5.41, 5.74) is 0. The van der Waals surface area contributed by atoms with Crippen LogP contribution in [-0.2, 0) is 61.3 Å². The van der Waals surface area contributed by atoms with Gasteiger partial charge in [0, 0.05) is 56.2 Å². The molecule has 4 nitrogen and oxygen atoms in total. The molecule has 0 aliphatic rings. The van der Waals surface area contributed by atoms with Crippen molar-refractivity contribution in [2.24, 2.45) is 0 Å². The van der Waals surface area contributed by atoms with Gasteiger partial charge in [0.05, 0.1) is 0 Å². The molecule has 1 rings (SSSR count). The van der Waals surface area contributed by atoms with E-state index in [9.17, 15) is 8.42 Å². The van der Waals surface area contributed by atoms with Gasteiger partial charge in [0.2, 0.25) is 0 Å². The van der Waals surface area contributed by atoms with E-state index >= 15 is 0 Å². The fourth-order valence-electron chi connectivity index (χ4n) is 0.698. The van der Waals surface area contributed by atoms with Crippen LogP contribution in [0.15, 0.2) is 35.2 Å². The average molecular weight is 328 g/mol. The van der Waals surface area contributed by atoms with Crippen molar-refractivity contribution in [2.75, 3.05) is 7.05 Å². The number of rotatable bonds is 2. The Hall–Kier alpha value is 0.778. The second kappa shape index (κ2) is 9.04. The maximum atomic E-state index is 11.0. The van der Waals surface area contributed by atoms with Gasteiger partial charge in [0.25, 0.3) is 0 Å². The number of benzene rings is 1. The Bertz CT molecular complexity index is 330. The van der Waals surface area contributed by atoms with Gasteiger partial charge in [-0.25, -0.2) is 8.42 Å². The molecular formula is C7H10NO3SVY-. The molecule has 76 valence electrons. The van der Waals surface area contributed by atoms with Crippen molar-refractivity contribution in [1.29, 1.82) is 0 Å². The number of hydrogen-bond donors (Lipinski definition) is 0. The first-order chi connectivity index (χ1) is 5.17. The molecule has 0 fully saturated rings. The Kier molecular flexibility index (Phi) is 13.1. The van der Waals surface area contributed by atoms with E-state index in [0.717, 1.165) is 0 Å². The van der Waals surface area contributed by atoms with Crippen molar-refractivity contribution in [1.82, 2.24) is 0 Å². The molecule has 0 bridgehead atoms. The van der Waals surface area contributed by atoms with Crippen molar-refractivity contribution in [3.8, 4) is 0 Å². The standard InChI is InChI=1S/C7H8NO2S.H2O.V.Y/c1-8-11(9,10)7-5-3-2-4-6-7;;;/h2-6H,1H3;1H2;;/q-1;;;. The third-order valence-electron chi connectivity index (χ3n) is 1.28. The van der Waals surface area contributed by atoms with Crippen molar-refractivity contribution in [2.45, 2.75) is 4.90 Å². The van der Waals surface area contributed by atoms with Crippen LogP contribution in [0.25, 0.3) is 4.72 Å². The molecule has 0 atom stereocenters. The molecule has 1 aromatic carbocycles. The van der Waals surface area contributed by atoms with Gasteiger partial charge in [0.1, 0.15) is 10.0 Å². The molecule has 0 saturated carbocycles. The summed E-state index contributed by atoms with van der Waals surface area (Å²) in [4.78, 5) is 0.238. The van der Waals surface area contributed by atoms with Crippen LogP contribution < -0.4 is 0 Å². The minimum atomic E-state index is -3.37. The zero-order chi connectivity index (χ0) is 8.32. The van der Waals surface area contributed by atoms with E-state index in [2.05, 4.69) is 4.72 Å². The Morgan fingerprint density at radius 1 is 1.14 bits per heavy atom. The molecule has 0 unspecified atom stereocenters. The quantitative estimate of drug-likeness (QED) is 0.795. The monoisotopic (exact) mass is 328 g/mol. The van der Waals surface area contributed by atoms with E-state index in [4.69, 9.17) is 0 Å². The molecule has 0 aliphatic carbocycles. The Labute approximate surface area is 121 Å². The molecule has 0 aliphatic heterocycles. The van der Waals surface area contributed by atoms with Crippen LogP contribution in [0.5, 0.6) is 0 Å². The van der Waals surface area contributed by atoms with Gasteiger partial charge in [0.15, 0.2) is 0 Å². The molecule has 2 N–H and O–H groups in total. The first-order valence-corrected chi connectivity index (χ1v) is 4.52. The molecule has 0 spiro atoms. The Balaban J connectivity index is -0.000000403. The summed E-state index contributed by atoms with van der Waals surface area (Å²) in [7, 11) is -2.11. The van der Waals surface area contributed by atoms with Gasteiger partial charge < -0.3 is 10.2 Å². The normalized spacial score (nSPS) is 8.93. The van der Waals surface area contributed by atoms with Crippen molar-refractivity contribution in [3.05, 3.63) is 35.1 Å². The predicted molar refractivity (Wildman–Crippen MR) is 46.5 cm³/mol. The van der Waals surface area contributed by atoms with Crippen LogP contribution in [0.2, 0.25) is 0 Å². The third kappa shape index (κ3) is 5.61. The second-order valence-corrected chi connectivity index (χ2v) is 3.76. The molecule has 7 heteroatoms. The largest absolute Gasteiger partial charge is 0.547 e. The summed E-state index contributed by atoms with van der Waals surface area (Å²) in [6.07, 6.45) is 0. The van der Waals surface area contributed by atoms with Crippen LogP contribution in [0.3, 0.4) is 0 Å². The van der Waals surface area contributed by atoms with E-state index in [1.165, 1.54) is 19.2 Å². The number of hydrogen-bond acceptors (Lipinski definition) is 2. The van der Waals surface area contributed by atoms with Crippen LogP contribution in [0, 0.1) is 0 Å². The van der Waals surface area contributed by atoms with E-state index in [1.54, 1.807) is 18.2 Å². The third-order valence-corrected chi connectivity index (χ3v) is 2.63. The topological polar surface area (TPSA) is 79.7 Å². The van der Waals surface area contributed by atoms with E-state index in [1.807, 2.05) is 0 Å². The van der Waals surface area contributed by atoms with Gasteiger partial charge in [-0.05, 0) is 12.1 Å². The van der Waals surface area contributed by atoms with Crippen LogP contribution in [0.4, 0.5) is 0 Å². The van der Waals surface area contributed by atoms with Gasteiger partial charge in [-0.1, -0.05) is 18.2 Å².